The third-order valence-electron chi connectivity index (χ3n) is 2.36. The van der Waals surface area contributed by atoms with Gasteiger partial charge in [-0.25, -0.2) is 0 Å². The van der Waals surface area contributed by atoms with E-state index in [9.17, 15) is 9.59 Å². The zero-order valence-electron chi connectivity index (χ0n) is 7.91. The number of rotatable bonds is 1. The van der Waals surface area contributed by atoms with Crippen molar-refractivity contribution in [3.8, 4) is 6.07 Å². The van der Waals surface area contributed by atoms with Gasteiger partial charge in [0.2, 0.25) is 5.91 Å². The fourth-order valence-electron chi connectivity index (χ4n) is 1.59. The molecule has 1 aromatic rings. The first kappa shape index (κ1) is 9.41. The Kier molecular flexibility index (Phi) is 2.22. The molecule has 2 rings (SSSR count). The van der Waals surface area contributed by atoms with Crippen molar-refractivity contribution in [2.75, 3.05) is 5.32 Å². The van der Waals surface area contributed by atoms with Gasteiger partial charge in [-0.3, -0.25) is 9.59 Å². The van der Waals surface area contributed by atoms with Gasteiger partial charge in [-0.05, 0) is 30.2 Å². The summed E-state index contributed by atoms with van der Waals surface area (Å²) in [5.74, 6) is -0.559. The van der Waals surface area contributed by atoms with Crippen LogP contribution in [0.2, 0.25) is 0 Å². The summed E-state index contributed by atoms with van der Waals surface area (Å²) in [6, 6.07) is 6.45. The Bertz CT molecular complexity index is 486. The largest absolute Gasteiger partial charge is 0.326 e. The van der Waals surface area contributed by atoms with E-state index in [2.05, 4.69) is 5.32 Å². The molecular weight excluding hydrogens is 192 g/mol. The molecule has 1 aromatic carbocycles. The molecular formula is C11H8N2O2. The van der Waals surface area contributed by atoms with Gasteiger partial charge in [-0.15, -0.1) is 0 Å². The molecule has 0 atom stereocenters. The van der Waals surface area contributed by atoms with E-state index in [4.69, 9.17) is 5.26 Å². The molecule has 0 radical (unpaired) electrons. The monoisotopic (exact) mass is 200 g/mol. The zero-order chi connectivity index (χ0) is 10.8. The van der Waals surface area contributed by atoms with Crippen molar-refractivity contribution in [3.63, 3.8) is 0 Å². The van der Waals surface area contributed by atoms with Crippen LogP contribution in [-0.4, -0.2) is 11.7 Å². The number of benzene rings is 1. The van der Waals surface area contributed by atoms with Crippen molar-refractivity contribution in [3.05, 3.63) is 29.3 Å². The molecule has 0 unspecified atom stereocenters. The fourth-order valence-corrected chi connectivity index (χ4v) is 1.59. The van der Waals surface area contributed by atoms with E-state index in [0.717, 1.165) is 11.3 Å². The molecule has 0 fully saturated rings. The standard InChI is InChI=1S/C11H8N2O2/c12-6-10(14)8-1-3-9-7(5-8)2-4-11(15)13-9/h1,3,5H,2,4H2,(H,13,15). The highest BCUT2D eigenvalue weighted by Gasteiger charge is 2.16. The number of fused-ring (bicyclic) bond motifs is 1. The number of nitrogens with zero attached hydrogens (tertiary/aromatic N) is 1. The van der Waals surface area contributed by atoms with Crippen LogP contribution in [0.1, 0.15) is 22.3 Å². The molecule has 1 N–H and O–H groups in total. The minimum Gasteiger partial charge on any atom is -0.326 e. The maximum absolute atomic E-state index is 11.1. The number of nitriles is 1. The van der Waals surface area contributed by atoms with Crippen molar-refractivity contribution in [1.29, 1.82) is 5.26 Å². The molecule has 74 valence electrons. The van der Waals surface area contributed by atoms with E-state index in [1.807, 2.05) is 0 Å². The minimum absolute atomic E-state index is 0.0122. The Morgan fingerprint density at radius 3 is 2.93 bits per heavy atom. The van der Waals surface area contributed by atoms with E-state index < -0.39 is 5.78 Å². The summed E-state index contributed by atoms with van der Waals surface area (Å²) in [7, 11) is 0. The molecule has 1 aliphatic heterocycles. The summed E-state index contributed by atoms with van der Waals surface area (Å²) in [5.41, 5.74) is 2.03. The maximum atomic E-state index is 11.1. The van der Waals surface area contributed by atoms with E-state index in [1.54, 1.807) is 24.3 Å². The average molecular weight is 200 g/mol. The molecule has 4 nitrogen and oxygen atoms in total. The second-order valence-electron chi connectivity index (χ2n) is 3.36. The summed E-state index contributed by atoms with van der Waals surface area (Å²) in [6.07, 6.45) is 1.05. The van der Waals surface area contributed by atoms with Crippen LogP contribution in [-0.2, 0) is 11.2 Å². The fraction of sp³-hybridized carbons (Fsp3) is 0.182. The van der Waals surface area contributed by atoms with E-state index in [1.165, 1.54) is 0 Å². The number of hydrogen-bond acceptors (Lipinski definition) is 3. The Morgan fingerprint density at radius 1 is 1.40 bits per heavy atom. The molecule has 0 spiro atoms. The summed E-state index contributed by atoms with van der Waals surface area (Å²) in [5, 5.41) is 11.2. The van der Waals surface area contributed by atoms with Crippen molar-refractivity contribution in [2.45, 2.75) is 12.8 Å². The van der Waals surface area contributed by atoms with Crippen LogP contribution in [0.25, 0.3) is 0 Å². The van der Waals surface area contributed by atoms with Crippen molar-refractivity contribution in [1.82, 2.24) is 0 Å². The van der Waals surface area contributed by atoms with Crippen LogP contribution in [0.15, 0.2) is 18.2 Å². The first-order chi connectivity index (χ1) is 7.20. The van der Waals surface area contributed by atoms with E-state index in [-0.39, 0.29) is 5.91 Å². The van der Waals surface area contributed by atoms with Crippen LogP contribution >= 0.6 is 0 Å². The quantitative estimate of drug-likeness (QED) is 0.548. The molecule has 0 saturated carbocycles. The highest BCUT2D eigenvalue weighted by atomic mass is 16.1. The Balaban J connectivity index is 2.40. The van der Waals surface area contributed by atoms with Crippen molar-refractivity contribution in [2.24, 2.45) is 0 Å². The summed E-state index contributed by atoms with van der Waals surface area (Å²) < 4.78 is 0. The third kappa shape index (κ3) is 1.72. The molecule has 0 aliphatic carbocycles. The lowest BCUT2D eigenvalue weighted by molar-refractivity contribution is -0.116. The van der Waals surface area contributed by atoms with E-state index in [0.29, 0.717) is 18.4 Å². The van der Waals surface area contributed by atoms with Gasteiger partial charge >= 0.3 is 0 Å². The van der Waals surface area contributed by atoms with Gasteiger partial charge in [0.05, 0.1) is 0 Å². The number of Topliss-reactive ketones (excluding diaryl/α,β-unsaturated/α-hetero) is 1. The van der Waals surface area contributed by atoms with Crippen LogP contribution in [0, 0.1) is 11.3 Å². The normalized spacial score (nSPS) is 13.7. The van der Waals surface area contributed by atoms with Crippen LogP contribution in [0.4, 0.5) is 5.69 Å². The Morgan fingerprint density at radius 2 is 2.20 bits per heavy atom. The minimum atomic E-state index is -0.547. The number of nitrogens with one attached hydrogen (secondary N) is 1. The van der Waals surface area contributed by atoms with Gasteiger partial charge in [-0.1, -0.05) is 0 Å². The zero-order valence-corrected chi connectivity index (χ0v) is 7.91. The second kappa shape index (κ2) is 3.54. The number of hydrogen-bond donors (Lipinski definition) is 1. The summed E-state index contributed by atoms with van der Waals surface area (Å²) in [6.45, 7) is 0. The van der Waals surface area contributed by atoms with Crippen LogP contribution < -0.4 is 5.32 Å². The molecule has 1 aliphatic rings. The topological polar surface area (TPSA) is 70.0 Å². The number of carbonyl (C=O) groups excluding carboxylic acids is 2. The molecule has 1 amide bonds. The van der Waals surface area contributed by atoms with Crippen molar-refractivity contribution < 1.29 is 9.59 Å². The molecule has 0 bridgehead atoms. The molecule has 0 saturated heterocycles. The predicted octanol–water partition coefficient (Wildman–Crippen LogP) is 1.28. The van der Waals surface area contributed by atoms with Crippen molar-refractivity contribution >= 4 is 17.4 Å². The number of carbonyl (C=O) groups is 2. The van der Waals surface area contributed by atoms with Gasteiger partial charge < -0.3 is 5.32 Å². The highest BCUT2D eigenvalue weighted by Crippen LogP contribution is 2.23. The lowest BCUT2D eigenvalue weighted by Gasteiger charge is -2.16. The molecule has 0 aromatic heterocycles. The molecule has 1 heterocycles. The van der Waals surface area contributed by atoms with Crippen LogP contribution in [0.3, 0.4) is 0 Å². The smallest absolute Gasteiger partial charge is 0.262 e. The average Bonchev–Trinajstić information content (AvgIpc) is 2.27. The first-order valence-corrected chi connectivity index (χ1v) is 4.58. The third-order valence-corrected chi connectivity index (χ3v) is 2.36. The first-order valence-electron chi connectivity index (χ1n) is 4.58. The van der Waals surface area contributed by atoms with E-state index >= 15 is 0 Å². The van der Waals surface area contributed by atoms with Gasteiger partial charge in [0, 0.05) is 17.7 Å². The lowest BCUT2D eigenvalue weighted by Crippen LogP contribution is -2.19. The molecule has 15 heavy (non-hydrogen) atoms. The van der Waals surface area contributed by atoms with Gasteiger partial charge in [0.15, 0.2) is 0 Å². The molecule has 4 heteroatoms. The Hall–Kier alpha value is -2.15. The Labute approximate surface area is 86.5 Å². The number of aryl methyl sites for hydroxylation is 1. The van der Waals surface area contributed by atoms with Gasteiger partial charge in [0.1, 0.15) is 6.07 Å². The van der Waals surface area contributed by atoms with Gasteiger partial charge in [0.25, 0.3) is 5.78 Å². The number of anilines is 1. The predicted molar refractivity (Wildman–Crippen MR) is 53.3 cm³/mol. The maximum Gasteiger partial charge on any atom is 0.262 e. The lowest BCUT2D eigenvalue weighted by atomic mass is 9.99. The number of amides is 1. The number of ketones is 1. The summed E-state index contributed by atoms with van der Waals surface area (Å²) >= 11 is 0. The second-order valence-corrected chi connectivity index (χ2v) is 3.36. The van der Waals surface area contributed by atoms with Gasteiger partial charge in [-0.2, -0.15) is 5.26 Å². The SMILES string of the molecule is N#CC(=O)c1ccc2c(c1)CCC(=O)N2. The van der Waals surface area contributed by atoms with Crippen LogP contribution in [0.5, 0.6) is 0 Å². The summed E-state index contributed by atoms with van der Waals surface area (Å²) in [4.78, 5) is 22.2. The highest BCUT2D eigenvalue weighted by molar-refractivity contribution is 6.08.